The first-order valence-corrected chi connectivity index (χ1v) is 8.70. The number of nitrogens with zero attached hydrogens (tertiary/aromatic N) is 3. The van der Waals surface area contributed by atoms with Crippen molar-refractivity contribution in [1.29, 1.82) is 0 Å². The van der Waals surface area contributed by atoms with Gasteiger partial charge in [-0.2, -0.15) is 0 Å². The summed E-state index contributed by atoms with van der Waals surface area (Å²) in [4.78, 5) is 27.0. The summed E-state index contributed by atoms with van der Waals surface area (Å²) in [7, 11) is 1.76. The maximum absolute atomic E-state index is 12.7. The van der Waals surface area contributed by atoms with E-state index in [1.54, 1.807) is 16.2 Å². The molecule has 0 bridgehead atoms. The molecule has 0 radical (unpaired) electrons. The molecular formula is C18H26N4O2. The van der Waals surface area contributed by atoms with Gasteiger partial charge < -0.3 is 10.6 Å². The van der Waals surface area contributed by atoms with E-state index in [-0.39, 0.29) is 23.7 Å². The normalized spacial score (nSPS) is 19.6. The number of aryl methyl sites for hydroxylation is 2. The van der Waals surface area contributed by atoms with Gasteiger partial charge in [0.25, 0.3) is 0 Å². The van der Waals surface area contributed by atoms with Crippen molar-refractivity contribution in [3.05, 3.63) is 34.7 Å². The van der Waals surface area contributed by atoms with Crippen molar-refractivity contribution < 1.29 is 4.79 Å². The van der Waals surface area contributed by atoms with Crippen LogP contribution in [0.15, 0.2) is 29.1 Å². The molecule has 2 heterocycles. The lowest BCUT2D eigenvalue weighted by molar-refractivity contribution is -0.135. The topological polar surface area (TPSA) is 73.3 Å². The zero-order chi connectivity index (χ0) is 17.3. The maximum atomic E-state index is 12.7. The molecule has 6 nitrogen and oxygen atoms in total. The summed E-state index contributed by atoms with van der Waals surface area (Å²) in [6.45, 7) is 3.14. The van der Waals surface area contributed by atoms with Crippen LogP contribution in [0, 0.1) is 0 Å². The van der Waals surface area contributed by atoms with Gasteiger partial charge >= 0.3 is 5.69 Å². The van der Waals surface area contributed by atoms with Crippen molar-refractivity contribution in [2.24, 2.45) is 12.8 Å². The van der Waals surface area contributed by atoms with Crippen LogP contribution in [0.1, 0.15) is 32.6 Å². The summed E-state index contributed by atoms with van der Waals surface area (Å²) in [5, 5.41) is 0. The summed E-state index contributed by atoms with van der Waals surface area (Å²) in [5.41, 5.74) is 7.74. The summed E-state index contributed by atoms with van der Waals surface area (Å²) < 4.78 is 3.32. The number of piperidine rings is 1. The Hall–Kier alpha value is -2.08. The lowest BCUT2D eigenvalue weighted by Crippen LogP contribution is -2.51. The number of likely N-dealkylation sites (tertiary alicyclic amines) is 1. The summed E-state index contributed by atoms with van der Waals surface area (Å²) in [6, 6.07) is 7.78. The van der Waals surface area contributed by atoms with Crippen LogP contribution in [0.25, 0.3) is 11.0 Å². The molecule has 1 aliphatic heterocycles. The SMILES string of the molecule is C[C@H](N)[C@@H]1CCCCN1C(=O)CCn1c(=O)n(C)c2ccccc21. The number of benzene rings is 1. The molecule has 2 atom stereocenters. The Morgan fingerprint density at radius 3 is 2.71 bits per heavy atom. The fraction of sp³-hybridized carbons (Fsp3) is 0.556. The second-order valence-corrected chi connectivity index (χ2v) is 6.74. The van der Waals surface area contributed by atoms with E-state index in [1.165, 1.54) is 0 Å². The molecule has 24 heavy (non-hydrogen) atoms. The molecule has 1 fully saturated rings. The smallest absolute Gasteiger partial charge is 0.328 e. The minimum atomic E-state index is -0.0774. The first-order valence-electron chi connectivity index (χ1n) is 8.70. The van der Waals surface area contributed by atoms with Crippen LogP contribution >= 0.6 is 0 Å². The Morgan fingerprint density at radius 2 is 2.00 bits per heavy atom. The van der Waals surface area contributed by atoms with E-state index >= 15 is 0 Å². The van der Waals surface area contributed by atoms with E-state index in [0.29, 0.717) is 13.0 Å². The van der Waals surface area contributed by atoms with Crippen LogP contribution in [0.3, 0.4) is 0 Å². The van der Waals surface area contributed by atoms with Gasteiger partial charge in [-0.15, -0.1) is 0 Å². The van der Waals surface area contributed by atoms with Gasteiger partial charge in [-0.25, -0.2) is 4.79 Å². The number of hydrogen-bond donors (Lipinski definition) is 1. The largest absolute Gasteiger partial charge is 0.338 e. The van der Waals surface area contributed by atoms with Crippen molar-refractivity contribution >= 4 is 16.9 Å². The highest BCUT2D eigenvalue weighted by molar-refractivity contribution is 5.78. The molecule has 2 aromatic rings. The quantitative estimate of drug-likeness (QED) is 0.922. The molecule has 0 saturated carbocycles. The average molecular weight is 330 g/mol. The molecule has 0 spiro atoms. The number of imidazole rings is 1. The van der Waals surface area contributed by atoms with Gasteiger partial charge in [-0.05, 0) is 38.3 Å². The van der Waals surface area contributed by atoms with Crippen molar-refractivity contribution in [3.63, 3.8) is 0 Å². The van der Waals surface area contributed by atoms with Crippen molar-refractivity contribution in [1.82, 2.24) is 14.0 Å². The van der Waals surface area contributed by atoms with Crippen molar-refractivity contribution in [2.45, 2.75) is 51.2 Å². The number of carbonyl (C=O) groups excluding carboxylic acids is 1. The lowest BCUT2D eigenvalue weighted by atomic mass is 9.96. The lowest BCUT2D eigenvalue weighted by Gasteiger charge is -2.38. The highest BCUT2D eigenvalue weighted by Crippen LogP contribution is 2.20. The molecule has 1 aromatic heterocycles. The minimum absolute atomic E-state index is 0.0190. The van der Waals surface area contributed by atoms with E-state index in [2.05, 4.69) is 0 Å². The van der Waals surface area contributed by atoms with Crippen LogP contribution in [0.4, 0.5) is 0 Å². The molecular weight excluding hydrogens is 304 g/mol. The zero-order valence-electron chi connectivity index (χ0n) is 14.4. The van der Waals surface area contributed by atoms with Crippen molar-refractivity contribution in [3.8, 4) is 0 Å². The second kappa shape index (κ2) is 6.81. The van der Waals surface area contributed by atoms with Crippen LogP contribution in [0.5, 0.6) is 0 Å². The minimum Gasteiger partial charge on any atom is -0.338 e. The Labute approximate surface area is 141 Å². The maximum Gasteiger partial charge on any atom is 0.328 e. The van der Waals surface area contributed by atoms with Crippen LogP contribution in [-0.4, -0.2) is 38.6 Å². The standard InChI is InChI=1S/C18H26N4O2/c1-13(19)14-7-5-6-11-21(14)17(23)10-12-22-16-9-4-3-8-15(16)20(2)18(22)24/h3-4,8-9,13-14H,5-7,10-12,19H2,1-2H3/t13-,14-/m0/s1. The fourth-order valence-electron chi connectivity index (χ4n) is 3.74. The molecule has 1 aromatic carbocycles. The van der Waals surface area contributed by atoms with E-state index in [4.69, 9.17) is 5.73 Å². The number of fused-ring (bicyclic) bond motifs is 1. The third-order valence-corrected chi connectivity index (χ3v) is 5.08. The number of para-hydroxylation sites is 2. The second-order valence-electron chi connectivity index (χ2n) is 6.74. The van der Waals surface area contributed by atoms with E-state index in [0.717, 1.165) is 36.8 Å². The fourth-order valence-corrected chi connectivity index (χ4v) is 3.74. The summed E-state index contributed by atoms with van der Waals surface area (Å²) in [5.74, 6) is 0.0943. The van der Waals surface area contributed by atoms with Crippen molar-refractivity contribution in [2.75, 3.05) is 6.54 Å². The highest BCUT2D eigenvalue weighted by Gasteiger charge is 2.29. The van der Waals surface area contributed by atoms with Crippen LogP contribution < -0.4 is 11.4 Å². The number of nitrogens with two attached hydrogens (primary N) is 1. The van der Waals surface area contributed by atoms with Gasteiger partial charge in [0.15, 0.2) is 0 Å². The van der Waals surface area contributed by atoms with E-state index in [9.17, 15) is 9.59 Å². The zero-order valence-corrected chi connectivity index (χ0v) is 14.4. The predicted molar refractivity (Wildman–Crippen MR) is 94.8 cm³/mol. The van der Waals surface area contributed by atoms with Gasteiger partial charge in [0, 0.05) is 38.6 Å². The number of hydrogen-bond acceptors (Lipinski definition) is 3. The number of amides is 1. The van der Waals surface area contributed by atoms with Gasteiger partial charge in [0.2, 0.25) is 5.91 Å². The first-order chi connectivity index (χ1) is 11.5. The Kier molecular flexibility index (Phi) is 4.76. The summed E-state index contributed by atoms with van der Waals surface area (Å²) in [6.07, 6.45) is 3.46. The molecule has 6 heteroatoms. The molecule has 0 unspecified atom stereocenters. The van der Waals surface area contributed by atoms with Gasteiger partial charge in [0.05, 0.1) is 11.0 Å². The number of aromatic nitrogens is 2. The number of carbonyl (C=O) groups is 1. The van der Waals surface area contributed by atoms with Gasteiger partial charge in [0.1, 0.15) is 0 Å². The Balaban J connectivity index is 1.77. The van der Waals surface area contributed by atoms with E-state index < -0.39 is 0 Å². The van der Waals surface area contributed by atoms with Crippen LogP contribution in [0.2, 0.25) is 0 Å². The monoisotopic (exact) mass is 330 g/mol. The highest BCUT2D eigenvalue weighted by atomic mass is 16.2. The molecule has 3 rings (SSSR count). The van der Waals surface area contributed by atoms with Gasteiger partial charge in [-0.1, -0.05) is 12.1 Å². The molecule has 1 amide bonds. The van der Waals surface area contributed by atoms with Crippen LogP contribution in [-0.2, 0) is 18.4 Å². The third kappa shape index (κ3) is 2.98. The molecule has 1 aliphatic rings. The number of rotatable bonds is 4. The van der Waals surface area contributed by atoms with Gasteiger partial charge in [-0.3, -0.25) is 13.9 Å². The summed E-state index contributed by atoms with van der Waals surface area (Å²) >= 11 is 0. The Morgan fingerprint density at radius 1 is 1.29 bits per heavy atom. The molecule has 2 N–H and O–H groups in total. The molecule has 0 aliphatic carbocycles. The predicted octanol–water partition coefficient (Wildman–Crippen LogP) is 1.46. The molecule has 130 valence electrons. The Bertz CT molecular complexity index is 790. The average Bonchev–Trinajstić information content (AvgIpc) is 2.84. The first kappa shape index (κ1) is 16.8. The van der Waals surface area contributed by atoms with E-state index in [1.807, 2.05) is 36.1 Å². The molecule has 1 saturated heterocycles. The third-order valence-electron chi connectivity index (χ3n) is 5.08.